The van der Waals surface area contributed by atoms with E-state index in [-0.39, 0.29) is 18.9 Å². The molecule has 1 aliphatic rings. The third-order valence-corrected chi connectivity index (χ3v) is 4.01. The van der Waals surface area contributed by atoms with Crippen LogP contribution in [0.1, 0.15) is 35.1 Å². The van der Waals surface area contributed by atoms with Crippen LogP contribution in [0.4, 0.5) is 13.2 Å². The van der Waals surface area contributed by atoms with Gasteiger partial charge < -0.3 is 4.90 Å². The minimum absolute atomic E-state index is 0.0921. The van der Waals surface area contributed by atoms with Crippen LogP contribution in [0.5, 0.6) is 0 Å². The molecule has 1 fully saturated rings. The van der Waals surface area contributed by atoms with E-state index in [4.69, 9.17) is 0 Å². The summed E-state index contributed by atoms with van der Waals surface area (Å²) in [6.07, 6.45) is -3.22. The standard InChI is InChI=1S/C11H14F3N3OS/c1-2-8-9(19-16-15-8)10(18)17-5-3-4-7(6-17)11(12,13)14/h7H,2-6H2,1H3/t7-/m1/s1. The lowest BCUT2D eigenvalue weighted by atomic mass is 9.97. The molecule has 19 heavy (non-hydrogen) atoms. The van der Waals surface area contributed by atoms with Crippen molar-refractivity contribution in [2.75, 3.05) is 13.1 Å². The van der Waals surface area contributed by atoms with Crippen molar-refractivity contribution in [2.45, 2.75) is 32.4 Å². The second-order valence-corrected chi connectivity index (χ2v) is 5.29. The lowest BCUT2D eigenvalue weighted by molar-refractivity contribution is -0.184. The first-order valence-electron chi connectivity index (χ1n) is 6.10. The van der Waals surface area contributed by atoms with E-state index < -0.39 is 12.1 Å². The van der Waals surface area contributed by atoms with Crippen LogP contribution in [0.15, 0.2) is 0 Å². The van der Waals surface area contributed by atoms with Crippen molar-refractivity contribution in [2.24, 2.45) is 5.92 Å². The number of aromatic nitrogens is 2. The number of hydrogen-bond donors (Lipinski definition) is 0. The number of rotatable bonds is 2. The van der Waals surface area contributed by atoms with E-state index in [0.717, 1.165) is 11.5 Å². The Bertz CT molecular complexity index is 460. The zero-order chi connectivity index (χ0) is 14.0. The number of nitrogens with zero attached hydrogens (tertiary/aromatic N) is 3. The zero-order valence-corrected chi connectivity index (χ0v) is 11.2. The molecule has 1 saturated heterocycles. The molecule has 1 aromatic heterocycles. The fraction of sp³-hybridized carbons (Fsp3) is 0.727. The number of halogens is 3. The summed E-state index contributed by atoms with van der Waals surface area (Å²) in [4.78, 5) is 13.8. The molecule has 1 aromatic rings. The van der Waals surface area contributed by atoms with E-state index >= 15 is 0 Å². The molecule has 0 aromatic carbocycles. The van der Waals surface area contributed by atoms with Gasteiger partial charge in [0.1, 0.15) is 4.88 Å². The average Bonchev–Trinajstić information content (AvgIpc) is 2.85. The summed E-state index contributed by atoms with van der Waals surface area (Å²) in [5.74, 6) is -1.79. The SMILES string of the molecule is CCc1nnsc1C(=O)N1CCC[C@@H](C(F)(F)F)C1. The summed E-state index contributed by atoms with van der Waals surface area (Å²) < 4.78 is 41.8. The van der Waals surface area contributed by atoms with Gasteiger partial charge in [-0.05, 0) is 30.8 Å². The van der Waals surface area contributed by atoms with E-state index in [0.29, 0.717) is 30.0 Å². The number of likely N-dealkylation sites (tertiary alicyclic amines) is 1. The van der Waals surface area contributed by atoms with Gasteiger partial charge in [0, 0.05) is 13.1 Å². The number of carbonyl (C=O) groups is 1. The molecule has 1 aliphatic heterocycles. The molecular weight excluding hydrogens is 279 g/mol. The monoisotopic (exact) mass is 293 g/mol. The van der Waals surface area contributed by atoms with Crippen molar-refractivity contribution in [3.63, 3.8) is 0 Å². The lowest BCUT2D eigenvalue weighted by Crippen LogP contribution is -2.44. The first-order valence-corrected chi connectivity index (χ1v) is 6.88. The second kappa shape index (κ2) is 5.44. The van der Waals surface area contributed by atoms with Crippen LogP contribution >= 0.6 is 11.5 Å². The number of alkyl halides is 3. The zero-order valence-electron chi connectivity index (χ0n) is 10.4. The molecule has 4 nitrogen and oxygen atoms in total. The Morgan fingerprint density at radius 1 is 1.53 bits per heavy atom. The van der Waals surface area contributed by atoms with Gasteiger partial charge in [0.15, 0.2) is 0 Å². The Balaban J connectivity index is 2.11. The summed E-state index contributed by atoms with van der Waals surface area (Å²) in [5, 5.41) is 3.82. The van der Waals surface area contributed by atoms with E-state index in [9.17, 15) is 18.0 Å². The quantitative estimate of drug-likeness (QED) is 0.841. The molecule has 106 valence electrons. The number of hydrogen-bond acceptors (Lipinski definition) is 4. The molecule has 8 heteroatoms. The van der Waals surface area contributed by atoms with Gasteiger partial charge in [-0.3, -0.25) is 4.79 Å². The predicted molar refractivity (Wildman–Crippen MR) is 64.0 cm³/mol. The van der Waals surface area contributed by atoms with Gasteiger partial charge >= 0.3 is 6.18 Å². The highest BCUT2D eigenvalue weighted by atomic mass is 32.1. The summed E-state index contributed by atoms with van der Waals surface area (Å²) in [6.45, 7) is 1.94. The van der Waals surface area contributed by atoms with Crippen molar-refractivity contribution >= 4 is 17.4 Å². The molecule has 0 unspecified atom stereocenters. The van der Waals surface area contributed by atoms with E-state index in [1.165, 1.54) is 4.90 Å². The molecule has 1 amide bonds. The van der Waals surface area contributed by atoms with Crippen LogP contribution in [0, 0.1) is 5.92 Å². The summed E-state index contributed by atoms with van der Waals surface area (Å²) in [5.41, 5.74) is 0.559. The largest absolute Gasteiger partial charge is 0.393 e. The molecule has 0 radical (unpaired) electrons. The van der Waals surface area contributed by atoms with E-state index in [1.54, 1.807) is 0 Å². The molecule has 2 rings (SSSR count). The van der Waals surface area contributed by atoms with Gasteiger partial charge in [-0.2, -0.15) is 13.2 Å². The Morgan fingerprint density at radius 2 is 2.26 bits per heavy atom. The summed E-state index contributed by atoms with van der Waals surface area (Å²) in [6, 6.07) is 0. The van der Waals surface area contributed by atoms with E-state index in [1.807, 2.05) is 6.92 Å². The first kappa shape index (κ1) is 14.2. The van der Waals surface area contributed by atoms with Crippen LogP contribution in [-0.2, 0) is 6.42 Å². The Hall–Kier alpha value is -1.18. The Morgan fingerprint density at radius 3 is 2.89 bits per heavy atom. The molecule has 2 heterocycles. The average molecular weight is 293 g/mol. The molecular formula is C11H14F3N3OS. The fourth-order valence-electron chi connectivity index (χ4n) is 2.17. The molecule has 0 bridgehead atoms. The van der Waals surface area contributed by atoms with Gasteiger partial charge in [-0.25, -0.2) is 0 Å². The first-order chi connectivity index (χ1) is 8.93. The third kappa shape index (κ3) is 3.05. The van der Waals surface area contributed by atoms with Gasteiger partial charge in [-0.15, -0.1) is 5.10 Å². The summed E-state index contributed by atoms with van der Waals surface area (Å²) in [7, 11) is 0. The second-order valence-electron chi connectivity index (χ2n) is 4.53. The highest BCUT2D eigenvalue weighted by Crippen LogP contribution is 2.33. The maximum Gasteiger partial charge on any atom is 0.393 e. The third-order valence-electron chi connectivity index (χ3n) is 3.26. The Labute approximate surface area is 112 Å². The molecule has 0 N–H and O–H groups in total. The maximum atomic E-state index is 12.7. The van der Waals surface area contributed by atoms with E-state index in [2.05, 4.69) is 9.59 Å². The molecule has 0 saturated carbocycles. The number of carbonyl (C=O) groups excluding carboxylic acids is 1. The van der Waals surface area contributed by atoms with Crippen molar-refractivity contribution in [3.05, 3.63) is 10.6 Å². The highest BCUT2D eigenvalue weighted by molar-refractivity contribution is 7.08. The normalized spacial score (nSPS) is 20.6. The van der Waals surface area contributed by atoms with Gasteiger partial charge in [-0.1, -0.05) is 11.4 Å². The lowest BCUT2D eigenvalue weighted by Gasteiger charge is -2.33. The predicted octanol–water partition coefficient (Wildman–Crippen LogP) is 2.52. The van der Waals surface area contributed by atoms with Crippen molar-refractivity contribution in [3.8, 4) is 0 Å². The summed E-state index contributed by atoms with van der Waals surface area (Å²) >= 11 is 0.951. The minimum Gasteiger partial charge on any atom is -0.337 e. The molecule has 0 spiro atoms. The topological polar surface area (TPSA) is 46.1 Å². The minimum atomic E-state index is -4.24. The van der Waals surface area contributed by atoms with Crippen LogP contribution in [0.2, 0.25) is 0 Å². The van der Waals surface area contributed by atoms with Gasteiger partial charge in [0.2, 0.25) is 0 Å². The van der Waals surface area contributed by atoms with Gasteiger partial charge in [0.25, 0.3) is 5.91 Å². The number of aryl methyl sites for hydroxylation is 1. The van der Waals surface area contributed by atoms with Crippen molar-refractivity contribution in [1.82, 2.24) is 14.5 Å². The van der Waals surface area contributed by atoms with Crippen molar-refractivity contribution < 1.29 is 18.0 Å². The molecule has 1 atom stereocenters. The smallest absolute Gasteiger partial charge is 0.337 e. The number of amides is 1. The number of piperidine rings is 1. The highest BCUT2D eigenvalue weighted by Gasteiger charge is 2.43. The fourth-order valence-corrected chi connectivity index (χ4v) is 2.89. The van der Waals surface area contributed by atoms with Crippen LogP contribution in [-0.4, -0.2) is 39.7 Å². The van der Waals surface area contributed by atoms with Crippen LogP contribution in [0.3, 0.4) is 0 Å². The Kier molecular flexibility index (Phi) is 4.07. The molecule has 0 aliphatic carbocycles. The maximum absolute atomic E-state index is 12.7. The van der Waals surface area contributed by atoms with Crippen LogP contribution in [0.25, 0.3) is 0 Å². The van der Waals surface area contributed by atoms with Gasteiger partial charge in [0.05, 0.1) is 11.6 Å². The van der Waals surface area contributed by atoms with Crippen LogP contribution < -0.4 is 0 Å². The van der Waals surface area contributed by atoms with Crippen molar-refractivity contribution in [1.29, 1.82) is 0 Å².